The minimum atomic E-state index is -0.557. The first-order valence-corrected chi connectivity index (χ1v) is 7.22. The largest absolute Gasteiger partial charge is 0.497 e. The maximum Gasteiger partial charge on any atom is 0.307 e. The van der Waals surface area contributed by atoms with Crippen LogP contribution in [-0.4, -0.2) is 24.2 Å². The van der Waals surface area contributed by atoms with Crippen LogP contribution in [0.1, 0.15) is 16.1 Å². The predicted molar refractivity (Wildman–Crippen MR) is 90.9 cm³/mol. The van der Waals surface area contributed by atoms with Gasteiger partial charge in [0.15, 0.2) is 5.76 Å². The third-order valence-corrected chi connectivity index (χ3v) is 3.41. The van der Waals surface area contributed by atoms with Crippen LogP contribution in [0, 0.1) is 10.1 Å². The molecule has 0 saturated carbocycles. The van der Waals surface area contributed by atoms with Gasteiger partial charge in [0.25, 0.3) is 5.69 Å². The number of ether oxygens (including phenoxy) is 1. The molecule has 0 aliphatic heterocycles. The van der Waals surface area contributed by atoms with E-state index in [9.17, 15) is 14.9 Å². The molecule has 0 spiro atoms. The van der Waals surface area contributed by atoms with Crippen molar-refractivity contribution in [2.24, 2.45) is 5.10 Å². The Morgan fingerprint density at radius 2 is 2.12 bits per heavy atom. The number of carbonyl (C=O) groups is 1. The smallest absolute Gasteiger partial charge is 0.307 e. The van der Waals surface area contributed by atoms with Crippen molar-refractivity contribution >= 4 is 28.8 Å². The van der Waals surface area contributed by atoms with Gasteiger partial charge >= 0.3 is 5.91 Å². The molecule has 0 fully saturated rings. The van der Waals surface area contributed by atoms with Gasteiger partial charge in [0.1, 0.15) is 11.3 Å². The van der Waals surface area contributed by atoms with Crippen LogP contribution < -0.4 is 10.2 Å². The summed E-state index contributed by atoms with van der Waals surface area (Å²) in [5.41, 5.74) is 3.40. The number of hydrogen-bond donors (Lipinski definition) is 1. The minimum Gasteiger partial charge on any atom is -0.497 e. The number of benzene rings is 2. The molecule has 0 aliphatic rings. The maximum atomic E-state index is 12.1. The van der Waals surface area contributed by atoms with E-state index in [4.69, 9.17) is 9.15 Å². The molecule has 25 heavy (non-hydrogen) atoms. The summed E-state index contributed by atoms with van der Waals surface area (Å²) in [5.74, 6) is 0.130. The molecule has 2 aromatic carbocycles. The Bertz CT molecular complexity index is 977. The molecule has 0 radical (unpaired) electrons. The zero-order valence-electron chi connectivity index (χ0n) is 13.1. The van der Waals surface area contributed by atoms with Gasteiger partial charge in [-0.05, 0) is 29.8 Å². The van der Waals surface area contributed by atoms with Gasteiger partial charge in [-0.25, -0.2) is 5.43 Å². The summed E-state index contributed by atoms with van der Waals surface area (Å²) in [6, 6.07) is 12.7. The summed E-state index contributed by atoms with van der Waals surface area (Å²) in [5, 5.41) is 15.1. The summed E-state index contributed by atoms with van der Waals surface area (Å²) in [6.45, 7) is 0. The molecule has 8 heteroatoms. The van der Waals surface area contributed by atoms with E-state index in [1.807, 2.05) is 0 Å². The molecule has 8 nitrogen and oxygen atoms in total. The molecule has 3 aromatic rings. The van der Waals surface area contributed by atoms with E-state index in [0.717, 1.165) is 5.56 Å². The molecule has 1 aromatic heterocycles. The van der Waals surface area contributed by atoms with E-state index in [1.165, 1.54) is 30.5 Å². The van der Waals surface area contributed by atoms with Crippen molar-refractivity contribution in [2.45, 2.75) is 0 Å². The van der Waals surface area contributed by atoms with Gasteiger partial charge in [-0.15, -0.1) is 0 Å². The number of amides is 1. The van der Waals surface area contributed by atoms with E-state index in [1.54, 1.807) is 31.4 Å². The normalized spacial score (nSPS) is 10.9. The van der Waals surface area contributed by atoms with Crippen molar-refractivity contribution in [3.05, 3.63) is 70.0 Å². The zero-order chi connectivity index (χ0) is 17.8. The number of methoxy groups -OCH3 is 1. The molecule has 126 valence electrons. The summed E-state index contributed by atoms with van der Waals surface area (Å²) in [7, 11) is 1.56. The highest BCUT2D eigenvalue weighted by molar-refractivity contribution is 5.97. The number of furan rings is 1. The molecule has 0 unspecified atom stereocenters. The second-order valence-corrected chi connectivity index (χ2v) is 5.07. The van der Waals surface area contributed by atoms with Crippen molar-refractivity contribution in [3.8, 4) is 5.75 Å². The van der Waals surface area contributed by atoms with E-state index < -0.39 is 10.8 Å². The highest BCUT2D eigenvalue weighted by atomic mass is 16.6. The first kappa shape index (κ1) is 16.2. The lowest BCUT2D eigenvalue weighted by atomic mass is 10.2. The lowest BCUT2D eigenvalue weighted by Crippen LogP contribution is -2.16. The van der Waals surface area contributed by atoms with E-state index in [-0.39, 0.29) is 11.4 Å². The number of nitro groups is 1. The molecule has 0 saturated heterocycles. The average Bonchev–Trinajstić information content (AvgIpc) is 3.05. The first-order valence-electron chi connectivity index (χ1n) is 7.22. The fraction of sp³-hybridized carbons (Fsp3) is 0.0588. The number of carbonyl (C=O) groups excluding carboxylic acids is 1. The van der Waals surface area contributed by atoms with Crippen LogP contribution in [0.25, 0.3) is 11.0 Å². The van der Waals surface area contributed by atoms with Gasteiger partial charge in [0, 0.05) is 17.5 Å². The van der Waals surface area contributed by atoms with Crippen LogP contribution in [-0.2, 0) is 0 Å². The van der Waals surface area contributed by atoms with E-state index in [2.05, 4.69) is 10.5 Å². The first-order chi connectivity index (χ1) is 12.1. The summed E-state index contributed by atoms with van der Waals surface area (Å²) < 4.78 is 10.5. The fourth-order valence-corrected chi connectivity index (χ4v) is 2.20. The molecular weight excluding hydrogens is 326 g/mol. The Labute approximate surface area is 141 Å². The lowest BCUT2D eigenvalue weighted by Gasteiger charge is -1.99. The molecule has 0 bridgehead atoms. The van der Waals surface area contributed by atoms with Gasteiger partial charge in [0.05, 0.1) is 18.2 Å². The summed E-state index contributed by atoms with van der Waals surface area (Å²) in [6.07, 6.45) is 1.47. The van der Waals surface area contributed by atoms with Crippen LogP contribution in [0.3, 0.4) is 0 Å². The van der Waals surface area contributed by atoms with Gasteiger partial charge in [-0.2, -0.15) is 5.10 Å². The highest BCUT2D eigenvalue weighted by Gasteiger charge is 2.14. The second-order valence-electron chi connectivity index (χ2n) is 5.07. The monoisotopic (exact) mass is 339 g/mol. The van der Waals surface area contributed by atoms with Crippen LogP contribution in [0.4, 0.5) is 5.69 Å². The number of hydrogen-bond acceptors (Lipinski definition) is 6. The number of fused-ring (bicyclic) bond motifs is 1. The Morgan fingerprint density at radius 3 is 2.88 bits per heavy atom. The topological polar surface area (TPSA) is 107 Å². The number of hydrazone groups is 1. The van der Waals surface area contributed by atoms with Gasteiger partial charge in [0.2, 0.25) is 0 Å². The Morgan fingerprint density at radius 1 is 1.28 bits per heavy atom. The number of nitro benzene ring substituents is 1. The molecule has 0 atom stereocenters. The SMILES string of the molecule is COc1cccc(/C=N\NC(=O)c2cc3cc([N+](=O)[O-])ccc3o2)c1. The average molecular weight is 339 g/mol. The van der Waals surface area contributed by atoms with Crippen LogP contribution in [0.5, 0.6) is 5.75 Å². The predicted octanol–water partition coefficient (Wildman–Crippen LogP) is 3.11. The Kier molecular flexibility index (Phi) is 4.42. The molecule has 1 heterocycles. The standard InChI is InChI=1S/C17H13N3O5/c1-24-14-4-2-3-11(7-14)10-18-19-17(21)16-9-12-8-13(20(22)23)5-6-15(12)25-16/h2-10H,1H3,(H,19,21)/b18-10-. The van der Waals surface area contributed by atoms with E-state index >= 15 is 0 Å². The third-order valence-electron chi connectivity index (χ3n) is 3.41. The molecule has 0 aliphatic carbocycles. The number of nitrogens with one attached hydrogen (secondary N) is 1. The van der Waals surface area contributed by atoms with Gasteiger partial charge in [-0.1, -0.05) is 12.1 Å². The summed E-state index contributed by atoms with van der Waals surface area (Å²) >= 11 is 0. The van der Waals surface area contributed by atoms with Gasteiger partial charge in [-0.3, -0.25) is 14.9 Å². The van der Waals surface area contributed by atoms with Crippen molar-refractivity contribution in [3.63, 3.8) is 0 Å². The number of non-ortho nitro benzene ring substituents is 1. The third kappa shape index (κ3) is 3.63. The molecule has 1 amide bonds. The minimum absolute atomic E-state index is 0.0123. The molecule has 3 rings (SSSR count). The Balaban J connectivity index is 1.73. The second kappa shape index (κ2) is 6.83. The van der Waals surface area contributed by atoms with Crippen LogP contribution >= 0.6 is 0 Å². The number of nitrogens with zero attached hydrogens (tertiary/aromatic N) is 2. The van der Waals surface area contributed by atoms with E-state index in [0.29, 0.717) is 16.7 Å². The van der Waals surface area contributed by atoms with Crippen LogP contribution in [0.2, 0.25) is 0 Å². The highest BCUT2D eigenvalue weighted by Crippen LogP contribution is 2.24. The van der Waals surface area contributed by atoms with Crippen molar-refractivity contribution in [1.29, 1.82) is 0 Å². The van der Waals surface area contributed by atoms with Crippen molar-refractivity contribution < 1.29 is 18.9 Å². The van der Waals surface area contributed by atoms with Gasteiger partial charge < -0.3 is 9.15 Å². The maximum absolute atomic E-state index is 12.1. The Hall–Kier alpha value is -3.68. The summed E-state index contributed by atoms with van der Waals surface area (Å²) in [4.78, 5) is 22.3. The van der Waals surface area contributed by atoms with Crippen molar-refractivity contribution in [1.82, 2.24) is 5.43 Å². The number of rotatable bonds is 5. The van der Waals surface area contributed by atoms with Crippen LogP contribution in [0.15, 0.2) is 58.0 Å². The molecule has 1 N–H and O–H groups in total. The van der Waals surface area contributed by atoms with Crippen molar-refractivity contribution in [2.75, 3.05) is 7.11 Å². The fourth-order valence-electron chi connectivity index (χ4n) is 2.20. The zero-order valence-corrected chi connectivity index (χ0v) is 13.1. The molecular formula is C17H13N3O5. The quantitative estimate of drug-likeness (QED) is 0.436. The lowest BCUT2D eigenvalue weighted by molar-refractivity contribution is -0.384.